The zero-order chi connectivity index (χ0) is 16.1. The Balaban J connectivity index is 1.69. The highest BCUT2D eigenvalue weighted by atomic mass is 16.5. The first-order chi connectivity index (χ1) is 11.2. The Morgan fingerprint density at radius 1 is 1.30 bits per heavy atom. The predicted octanol–water partition coefficient (Wildman–Crippen LogP) is 1.79. The van der Waals surface area contributed by atoms with Gasteiger partial charge in [0.05, 0.1) is 6.61 Å². The van der Waals surface area contributed by atoms with E-state index in [1.807, 2.05) is 12.1 Å². The SMILES string of the molecule is COCC1(CNC(=O)c2cccc3c2CCCN3)CCNCC1. The summed E-state index contributed by atoms with van der Waals surface area (Å²) in [4.78, 5) is 12.7. The molecule has 2 heterocycles. The summed E-state index contributed by atoms with van der Waals surface area (Å²) in [5.74, 6) is 0.0413. The molecule has 0 atom stereocenters. The topological polar surface area (TPSA) is 62.4 Å². The molecule has 2 aliphatic rings. The number of fused-ring (bicyclic) bond motifs is 1. The lowest BCUT2D eigenvalue weighted by Gasteiger charge is -2.37. The molecule has 2 aliphatic heterocycles. The van der Waals surface area contributed by atoms with E-state index in [0.29, 0.717) is 13.2 Å². The van der Waals surface area contributed by atoms with Crippen molar-refractivity contribution in [3.8, 4) is 0 Å². The molecule has 0 saturated carbocycles. The first-order valence-corrected chi connectivity index (χ1v) is 8.58. The van der Waals surface area contributed by atoms with Crippen LogP contribution in [0.3, 0.4) is 0 Å². The number of benzene rings is 1. The number of carbonyl (C=O) groups is 1. The first kappa shape index (κ1) is 16.3. The number of ether oxygens (including phenoxy) is 1. The molecular weight excluding hydrogens is 290 g/mol. The van der Waals surface area contributed by atoms with Crippen molar-refractivity contribution in [3.63, 3.8) is 0 Å². The Labute approximate surface area is 138 Å². The highest BCUT2D eigenvalue weighted by Crippen LogP contribution is 2.29. The van der Waals surface area contributed by atoms with Crippen LogP contribution in [-0.2, 0) is 11.2 Å². The molecule has 1 aromatic rings. The van der Waals surface area contributed by atoms with Crippen molar-refractivity contribution in [2.24, 2.45) is 5.41 Å². The number of piperidine rings is 1. The van der Waals surface area contributed by atoms with Crippen LogP contribution < -0.4 is 16.0 Å². The summed E-state index contributed by atoms with van der Waals surface area (Å²) in [5, 5.41) is 9.93. The van der Waals surface area contributed by atoms with Gasteiger partial charge in [-0.15, -0.1) is 0 Å². The van der Waals surface area contributed by atoms with Crippen LogP contribution in [0.4, 0.5) is 5.69 Å². The summed E-state index contributed by atoms with van der Waals surface area (Å²) in [6, 6.07) is 5.96. The minimum absolute atomic E-state index is 0.0413. The summed E-state index contributed by atoms with van der Waals surface area (Å²) < 4.78 is 5.42. The van der Waals surface area contributed by atoms with Crippen LogP contribution in [0, 0.1) is 5.41 Å². The second kappa shape index (κ2) is 7.32. The Hall–Kier alpha value is -1.59. The molecule has 126 valence electrons. The van der Waals surface area contributed by atoms with E-state index in [0.717, 1.165) is 62.1 Å². The molecule has 0 unspecified atom stereocenters. The van der Waals surface area contributed by atoms with Gasteiger partial charge in [0.25, 0.3) is 5.91 Å². The molecule has 3 N–H and O–H groups in total. The third-order valence-corrected chi connectivity index (χ3v) is 5.08. The fraction of sp³-hybridized carbons (Fsp3) is 0.611. The van der Waals surface area contributed by atoms with E-state index < -0.39 is 0 Å². The maximum absolute atomic E-state index is 12.7. The zero-order valence-electron chi connectivity index (χ0n) is 13.9. The van der Waals surface area contributed by atoms with E-state index in [9.17, 15) is 4.79 Å². The van der Waals surface area contributed by atoms with Crippen LogP contribution in [0.15, 0.2) is 18.2 Å². The van der Waals surface area contributed by atoms with Gasteiger partial charge in [-0.2, -0.15) is 0 Å². The average molecular weight is 317 g/mol. The third kappa shape index (κ3) is 3.67. The molecule has 1 amide bonds. The highest BCUT2D eigenvalue weighted by molar-refractivity contribution is 5.97. The maximum Gasteiger partial charge on any atom is 0.251 e. The van der Waals surface area contributed by atoms with Gasteiger partial charge in [0.2, 0.25) is 0 Å². The highest BCUT2D eigenvalue weighted by Gasteiger charge is 2.32. The molecule has 1 fully saturated rings. The minimum atomic E-state index is 0.0413. The van der Waals surface area contributed by atoms with Gasteiger partial charge < -0.3 is 20.7 Å². The van der Waals surface area contributed by atoms with Crippen molar-refractivity contribution in [1.29, 1.82) is 0 Å². The van der Waals surface area contributed by atoms with Gasteiger partial charge in [0.1, 0.15) is 0 Å². The molecule has 0 bridgehead atoms. The second-order valence-corrected chi connectivity index (χ2v) is 6.73. The summed E-state index contributed by atoms with van der Waals surface area (Å²) in [7, 11) is 1.74. The molecule has 0 aromatic heterocycles. The Morgan fingerprint density at radius 2 is 2.13 bits per heavy atom. The van der Waals surface area contributed by atoms with E-state index in [-0.39, 0.29) is 11.3 Å². The molecule has 0 radical (unpaired) electrons. The van der Waals surface area contributed by atoms with Crippen LogP contribution >= 0.6 is 0 Å². The van der Waals surface area contributed by atoms with E-state index in [1.165, 1.54) is 0 Å². The van der Waals surface area contributed by atoms with Gasteiger partial charge in [-0.1, -0.05) is 6.07 Å². The number of anilines is 1. The predicted molar refractivity (Wildman–Crippen MR) is 92.0 cm³/mol. The lowest BCUT2D eigenvalue weighted by Crippen LogP contribution is -2.47. The minimum Gasteiger partial charge on any atom is -0.385 e. The summed E-state index contributed by atoms with van der Waals surface area (Å²) in [6.45, 7) is 4.34. The van der Waals surface area contributed by atoms with Gasteiger partial charge in [0, 0.05) is 36.9 Å². The fourth-order valence-corrected chi connectivity index (χ4v) is 3.72. The maximum atomic E-state index is 12.7. The van der Waals surface area contributed by atoms with Gasteiger partial charge in [-0.25, -0.2) is 0 Å². The fourth-order valence-electron chi connectivity index (χ4n) is 3.72. The molecule has 5 nitrogen and oxygen atoms in total. The third-order valence-electron chi connectivity index (χ3n) is 5.08. The van der Waals surface area contributed by atoms with Crippen LogP contribution in [0.25, 0.3) is 0 Å². The number of hydrogen-bond donors (Lipinski definition) is 3. The van der Waals surface area contributed by atoms with Crippen LogP contribution in [0.1, 0.15) is 35.2 Å². The molecule has 23 heavy (non-hydrogen) atoms. The number of carbonyl (C=O) groups excluding carboxylic acids is 1. The van der Waals surface area contributed by atoms with E-state index in [2.05, 4.69) is 22.0 Å². The summed E-state index contributed by atoms with van der Waals surface area (Å²) >= 11 is 0. The molecule has 0 aliphatic carbocycles. The Kier molecular flexibility index (Phi) is 5.18. The van der Waals surface area contributed by atoms with Gasteiger partial charge in [0.15, 0.2) is 0 Å². The van der Waals surface area contributed by atoms with Crippen molar-refractivity contribution < 1.29 is 9.53 Å². The van der Waals surface area contributed by atoms with Gasteiger partial charge in [-0.3, -0.25) is 4.79 Å². The largest absolute Gasteiger partial charge is 0.385 e. The Bertz CT molecular complexity index is 548. The summed E-state index contributed by atoms with van der Waals surface area (Å²) in [6.07, 6.45) is 4.13. The number of methoxy groups -OCH3 is 1. The molecule has 5 heteroatoms. The van der Waals surface area contributed by atoms with E-state index in [4.69, 9.17) is 4.74 Å². The quantitative estimate of drug-likeness (QED) is 0.775. The molecule has 3 rings (SSSR count). The normalized spacial score (nSPS) is 19.5. The number of hydrogen-bond acceptors (Lipinski definition) is 4. The molecule has 1 saturated heterocycles. The number of amides is 1. The molecule has 1 aromatic carbocycles. The van der Waals surface area contributed by atoms with Crippen molar-refractivity contribution in [1.82, 2.24) is 10.6 Å². The number of nitrogens with one attached hydrogen (secondary N) is 3. The standard InChI is InChI=1S/C18H27N3O2/c1-23-13-18(7-10-19-11-8-18)12-21-17(22)15-4-2-6-16-14(15)5-3-9-20-16/h2,4,6,19-20H,3,5,7-13H2,1H3,(H,21,22). The lowest BCUT2D eigenvalue weighted by atomic mass is 9.79. The van der Waals surface area contributed by atoms with Crippen molar-refractivity contribution >= 4 is 11.6 Å². The van der Waals surface area contributed by atoms with E-state index >= 15 is 0 Å². The first-order valence-electron chi connectivity index (χ1n) is 8.58. The lowest BCUT2D eigenvalue weighted by molar-refractivity contribution is 0.0511. The number of rotatable bonds is 5. The average Bonchev–Trinajstić information content (AvgIpc) is 2.60. The molecular formula is C18H27N3O2. The summed E-state index contributed by atoms with van der Waals surface area (Å²) in [5.41, 5.74) is 3.14. The van der Waals surface area contributed by atoms with Crippen molar-refractivity contribution in [3.05, 3.63) is 29.3 Å². The van der Waals surface area contributed by atoms with Crippen LogP contribution in [0.5, 0.6) is 0 Å². The smallest absolute Gasteiger partial charge is 0.251 e. The van der Waals surface area contributed by atoms with Crippen molar-refractivity contribution in [2.45, 2.75) is 25.7 Å². The van der Waals surface area contributed by atoms with E-state index in [1.54, 1.807) is 7.11 Å². The second-order valence-electron chi connectivity index (χ2n) is 6.73. The van der Waals surface area contributed by atoms with Gasteiger partial charge in [-0.05, 0) is 56.5 Å². The Morgan fingerprint density at radius 3 is 2.91 bits per heavy atom. The van der Waals surface area contributed by atoms with Crippen molar-refractivity contribution in [2.75, 3.05) is 45.2 Å². The van der Waals surface area contributed by atoms with Gasteiger partial charge >= 0.3 is 0 Å². The van der Waals surface area contributed by atoms with Crippen LogP contribution in [0.2, 0.25) is 0 Å². The zero-order valence-corrected chi connectivity index (χ0v) is 13.9. The monoisotopic (exact) mass is 317 g/mol. The molecule has 0 spiro atoms. The van der Waals surface area contributed by atoms with Crippen LogP contribution in [-0.4, -0.2) is 45.8 Å².